The number of benzene rings is 3. The Bertz CT molecular complexity index is 1400. The maximum absolute atomic E-state index is 13.9. The highest BCUT2D eigenvalue weighted by atomic mass is 79.9. The molecule has 0 aromatic heterocycles. The minimum atomic E-state index is -4.25. The van der Waals surface area contributed by atoms with Crippen molar-refractivity contribution in [1.82, 2.24) is 10.2 Å². The Balaban J connectivity index is 2.01. The standard InChI is InChI=1S/C29H33BrFN3O4S/c1-20(2)17-32-29(36)22(4)33(18-23-6-5-7-24(30)16-23)28(35)19-34(26-12-8-21(3)9-13-26)39(37,38)27-14-10-25(31)11-15-27/h5-16,20,22H,17-19H2,1-4H3,(H,32,36)/t22-/m1/s1. The van der Waals surface area contributed by atoms with Crippen LogP contribution in [0.15, 0.2) is 82.2 Å². The molecule has 0 aliphatic rings. The summed E-state index contributed by atoms with van der Waals surface area (Å²) in [5.74, 6) is -1.26. The van der Waals surface area contributed by atoms with Gasteiger partial charge in [0.2, 0.25) is 11.8 Å². The second kappa shape index (κ2) is 13.2. The van der Waals surface area contributed by atoms with Crippen molar-refractivity contribution in [3.8, 4) is 0 Å². The van der Waals surface area contributed by atoms with Crippen LogP contribution in [-0.2, 0) is 26.2 Å². The summed E-state index contributed by atoms with van der Waals surface area (Å²) < 4.78 is 42.8. The van der Waals surface area contributed by atoms with Crippen molar-refractivity contribution in [1.29, 1.82) is 0 Å². The predicted octanol–water partition coefficient (Wildman–Crippen LogP) is 5.28. The van der Waals surface area contributed by atoms with E-state index in [0.717, 1.165) is 44.2 Å². The van der Waals surface area contributed by atoms with E-state index in [1.807, 2.05) is 45.0 Å². The van der Waals surface area contributed by atoms with Gasteiger partial charge in [-0.3, -0.25) is 13.9 Å². The van der Waals surface area contributed by atoms with E-state index in [2.05, 4.69) is 21.2 Å². The van der Waals surface area contributed by atoms with E-state index in [9.17, 15) is 22.4 Å². The molecule has 1 atom stereocenters. The van der Waals surface area contributed by atoms with E-state index >= 15 is 0 Å². The number of sulfonamides is 1. The van der Waals surface area contributed by atoms with Gasteiger partial charge < -0.3 is 10.2 Å². The molecule has 1 N–H and O–H groups in total. The second-order valence-corrected chi connectivity index (χ2v) is 12.5. The number of halogens is 2. The number of rotatable bonds is 11. The summed E-state index contributed by atoms with van der Waals surface area (Å²) in [7, 11) is -4.25. The molecule has 0 saturated heterocycles. The number of carbonyl (C=O) groups excluding carboxylic acids is 2. The molecule has 39 heavy (non-hydrogen) atoms. The Labute approximate surface area is 238 Å². The van der Waals surface area contributed by atoms with Crippen LogP contribution in [0, 0.1) is 18.7 Å². The van der Waals surface area contributed by atoms with Gasteiger partial charge >= 0.3 is 0 Å². The highest BCUT2D eigenvalue weighted by Crippen LogP contribution is 2.25. The summed E-state index contributed by atoms with van der Waals surface area (Å²) in [6.45, 7) is 7.40. The molecule has 0 saturated carbocycles. The van der Waals surface area contributed by atoms with Crippen molar-refractivity contribution in [2.45, 2.75) is 45.2 Å². The molecule has 10 heteroatoms. The second-order valence-electron chi connectivity index (χ2n) is 9.77. The van der Waals surface area contributed by atoms with Gasteiger partial charge in [0, 0.05) is 17.6 Å². The van der Waals surface area contributed by atoms with E-state index in [4.69, 9.17) is 0 Å². The summed E-state index contributed by atoms with van der Waals surface area (Å²) in [5, 5.41) is 2.86. The maximum atomic E-state index is 13.9. The third-order valence-corrected chi connectivity index (χ3v) is 8.38. The molecule has 0 bridgehead atoms. The zero-order chi connectivity index (χ0) is 28.7. The van der Waals surface area contributed by atoms with E-state index in [0.29, 0.717) is 6.54 Å². The average molecular weight is 619 g/mol. The number of hydrogen-bond acceptors (Lipinski definition) is 4. The lowest BCUT2D eigenvalue weighted by Crippen LogP contribution is -2.51. The van der Waals surface area contributed by atoms with Gasteiger partial charge in [-0.25, -0.2) is 12.8 Å². The van der Waals surface area contributed by atoms with E-state index in [1.165, 1.54) is 4.90 Å². The van der Waals surface area contributed by atoms with Crippen molar-refractivity contribution in [3.63, 3.8) is 0 Å². The number of nitrogens with one attached hydrogen (secondary N) is 1. The fourth-order valence-corrected chi connectivity index (χ4v) is 5.70. The van der Waals surface area contributed by atoms with Crippen LogP contribution in [-0.4, -0.2) is 44.3 Å². The Morgan fingerprint density at radius 3 is 2.21 bits per heavy atom. The Morgan fingerprint density at radius 2 is 1.62 bits per heavy atom. The molecule has 2 amide bonds. The van der Waals surface area contributed by atoms with Gasteiger partial charge in [0.05, 0.1) is 10.6 Å². The van der Waals surface area contributed by atoms with Crippen molar-refractivity contribution < 1.29 is 22.4 Å². The van der Waals surface area contributed by atoms with Crippen LogP contribution in [0.3, 0.4) is 0 Å². The fraction of sp³-hybridized carbons (Fsp3) is 0.310. The quantitative estimate of drug-likeness (QED) is 0.317. The zero-order valence-electron chi connectivity index (χ0n) is 22.4. The lowest BCUT2D eigenvalue weighted by atomic mass is 10.1. The molecule has 0 spiro atoms. The molecule has 0 unspecified atom stereocenters. The van der Waals surface area contributed by atoms with Gasteiger partial charge in [0.25, 0.3) is 10.0 Å². The minimum Gasteiger partial charge on any atom is -0.354 e. The fourth-order valence-electron chi connectivity index (χ4n) is 3.84. The summed E-state index contributed by atoms with van der Waals surface area (Å²) in [5.41, 5.74) is 1.96. The van der Waals surface area contributed by atoms with Crippen LogP contribution < -0.4 is 9.62 Å². The average Bonchev–Trinajstić information content (AvgIpc) is 2.89. The lowest BCUT2D eigenvalue weighted by Gasteiger charge is -2.32. The summed E-state index contributed by atoms with van der Waals surface area (Å²) in [6, 6.07) is 17.6. The summed E-state index contributed by atoms with van der Waals surface area (Å²) in [6.07, 6.45) is 0. The van der Waals surface area contributed by atoms with Crippen molar-refractivity contribution in [3.05, 3.63) is 94.2 Å². The molecule has 3 aromatic carbocycles. The number of nitrogens with zero attached hydrogens (tertiary/aromatic N) is 2. The highest BCUT2D eigenvalue weighted by molar-refractivity contribution is 9.10. The Hall–Kier alpha value is -3.24. The van der Waals surface area contributed by atoms with Crippen LogP contribution >= 0.6 is 15.9 Å². The molecule has 0 heterocycles. The largest absolute Gasteiger partial charge is 0.354 e. The minimum absolute atomic E-state index is 0.0902. The number of hydrogen-bond donors (Lipinski definition) is 1. The van der Waals surface area contributed by atoms with Crippen LogP contribution in [0.5, 0.6) is 0 Å². The SMILES string of the molecule is Cc1ccc(N(CC(=O)N(Cc2cccc(Br)c2)[C@H](C)C(=O)NCC(C)C)S(=O)(=O)c2ccc(F)cc2)cc1. The van der Waals surface area contributed by atoms with Gasteiger partial charge in [-0.05, 0) is 73.9 Å². The molecule has 3 aromatic rings. The third kappa shape index (κ3) is 8.12. The van der Waals surface area contributed by atoms with Gasteiger partial charge in [-0.2, -0.15) is 0 Å². The zero-order valence-corrected chi connectivity index (χ0v) is 24.8. The van der Waals surface area contributed by atoms with Gasteiger partial charge in [-0.15, -0.1) is 0 Å². The number of anilines is 1. The molecule has 3 rings (SSSR count). The first-order chi connectivity index (χ1) is 18.4. The summed E-state index contributed by atoms with van der Waals surface area (Å²) in [4.78, 5) is 28.1. The molecule has 0 radical (unpaired) electrons. The molecular weight excluding hydrogens is 585 g/mol. The molecule has 7 nitrogen and oxygen atoms in total. The predicted molar refractivity (Wildman–Crippen MR) is 154 cm³/mol. The van der Waals surface area contributed by atoms with Gasteiger partial charge in [0.15, 0.2) is 0 Å². The third-order valence-electron chi connectivity index (χ3n) is 6.10. The molecule has 208 valence electrons. The Morgan fingerprint density at radius 1 is 0.974 bits per heavy atom. The van der Waals surface area contributed by atoms with Crippen LogP contribution in [0.2, 0.25) is 0 Å². The monoisotopic (exact) mass is 617 g/mol. The van der Waals surface area contributed by atoms with Crippen molar-refractivity contribution >= 4 is 43.5 Å². The first-order valence-electron chi connectivity index (χ1n) is 12.5. The van der Waals surface area contributed by atoms with Crippen LogP contribution in [0.4, 0.5) is 10.1 Å². The van der Waals surface area contributed by atoms with E-state index in [1.54, 1.807) is 31.2 Å². The van der Waals surface area contributed by atoms with Crippen LogP contribution in [0.25, 0.3) is 0 Å². The first kappa shape index (κ1) is 30.3. The van der Waals surface area contributed by atoms with Crippen molar-refractivity contribution in [2.75, 3.05) is 17.4 Å². The topological polar surface area (TPSA) is 86.8 Å². The lowest BCUT2D eigenvalue weighted by molar-refractivity contribution is -0.139. The smallest absolute Gasteiger partial charge is 0.264 e. The van der Waals surface area contributed by atoms with Crippen LogP contribution in [0.1, 0.15) is 31.9 Å². The highest BCUT2D eigenvalue weighted by Gasteiger charge is 2.32. The normalized spacial score (nSPS) is 12.2. The Kier molecular flexibility index (Phi) is 10.3. The first-order valence-corrected chi connectivity index (χ1v) is 14.8. The van der Waals surface area contributed by atoms with E-state index < -0.39 is 34.3 Å². The van der Waals surface area contributed by atoms with Gasteiger partial charge in [-0.1, -0.05) is 59.6 Å². The molecule has 0 fully saturated rings. The van der Waals surface area contributed by atoms with E-state index in [-0.39, 0.29) is 29.0 Å². The maximum Gasteiger partial charge on any atom is 0.264 e. The van der Waals surface area contributed by atoms with Crippen molar-refractivity contribution in [2.24, 2.45) is 5.92 Å². The molecule has 0 aliphatic carbocycles. The number of carbonyl (C=O) groups is 2. The molecule has 0 aliphatic heterocycles. The number of aryl methyl sites for hydroxylation is 1. The molecular formula is C29H33BrFN3O4S. The summed E-state index contributed by atoms with van der Waals surface area (Å²) >= 11 is 3.43. The van der Waals surface area contributed by atoms with Gasteiger partial charge in [0.1, 0.15) is 18.4 Å². The number of amides is 2.